The van der Waals surface area contributed by atoms with Crippen molar-refractivity contribution in [2.24, 2.45) is 0 Å². The van der Waals surface area contributed by atoms with Crippen LogP contribution in [0.5, 0.6) is 0 Å². The molecular weight excluding hydrogens is 318 g/mol. The molecule has 0 unspecified atom stereocenters. The van der Waals surface area contributed by atoms with Crippen molar-refractivity contribution in [3.8, 4) is 0 Å². The molecule has 0 saturated heterocycles. The highest BCUT2D eigenvalue weighted by atomic mass is 32.1. The SMILES string of the molecule is CCN(CC)CCn1c(C(C)C)nc2sc3c(c2c1=O)CCCC3. The Morgan fingerprint density at radius 3 is 2.58 bits per heavy atom. The van der Waals surface area contributed by atoms with Gasteiger partial charge in [0.15, 0.2) is 0 Å². The maximum Gasteiger partial charge on any atom is 0.262 e. The third-order valence-electron chi connectivity index (χ3n) is 5.16. The van der Waals surface area contributed by atoms with Gasteiger partial charge >= 0.3 is 0 Å². The second kappa shape index (κ2) is 7.36. The maximum absolute atomic E-state index is 13.3. The Kier molecular flexibility index (Phi) is 5.40. The van der Waals surface area contributed by atoms with E-state index in [0.717, 1.165) is 55.1 Å². The van der Waals surface area contributed by atoms with E-state index in [2.05, 4.69) is 32.6 Å². The number of aryl methyl sites for hydroxylation is 2. The third kappa shape index (κ3) is 3.16. The molecule has 0 aliphatic heterocycles. The number of rotatable bonds is 6. The van der Waals surface area contributed by atoms with Gasteiger partial charge in [0.2, 0.25) is 0 Å². The minimum Gasteiger partial charge on any atom is -0.302 e. The fourth-order valence-electron chi connectivity index (χ4n) is 3.69. The van der Waals surface area contributed by atoms with E-state index in [0.29, 0.717) is 0 Å². The Balaban J connectivity index is 2.09. The molecule has 2 heterocycles. The normalized spacial score (nSPS) is 14.8. The summed E-state index contributed by atoms with van der Waals surface area (Å²) >= 11 is 1.75. The minimum absolute atomic E-state index is 0.190. The van der Waals surface area contributed by atoms with Crippen molar-refractivity contribution in [1.29, 1.82) is 0 Å². The summed E-state index contributed by atoms with van der Waals surface area (Å²) in [5.74, 6) is 1.20. The van der Waals surface area contributed by atoms with E-state index >= 15 is 0 Å². The number of likely N-dealkylation sites (N-methyl/N-ethyl adjacent to an activating group) is 1. The first-order chi connectivity index (χ1) is 11.6. The lowest BCUT2D eigenvalue weighted by Crippen LogP contribution is -2.33. The zero-order valence-corrected chi connectivity index (χ0v) is 16.2. The summed E-state index contributed by atoms with van der Waals surface area (Å²) in [6.07, 6.45) is 4.60. The van der Waals surface area contributed by atoms with E-state index in [-0.39, 0.29) is 11.5 Å². The molecule has 3 rings (SSSR count). The fraction of sp³-hybridized carbons (Fsp3) is 0.684. The van der Waals surface area contributed by atoms with Crippen molar-refractivity contribution >= 4 is 21.6 Å². The van der Waals surface area contributed by atoms with E-state index in [1.807, 2.05) is 4.57 Å². The molecule has 1 aliphatic rings. The Morgan fingerprint density at radius 1 is 1.21 bits per heavy atom. The molecule has 2 aromatic heterocycles. The van der Waals surface area contributed by atoms with Crippen molar-refractivity contribution in [3.63, 3.8) is 0 Å². The standard InChI is InChI=1S/C19H29N3OS/c1-5-21(6-2)11-12-22-17(13(3)4)20-18-16(19(22)23)14-9-7-8-10-15(14)24-18/h13H,5-12H2,1-4H3. The van der Waals surface area contributed by atoms with E-state index in [1.165, 1.54) is 23.3 Å². The van der Waals surface area contributed by atoms with Crippen LogP contribution in [0.15, 0.2) is 4.79 Å². The first-order valence-corrected chi connectivity index (χ1v) is 10.2. The van der Waals surface area contributed by atoms with Gasteiger partial charge in [0.1, 0.15) is 10.7 Å². The number of hydrogen-bond acceptors (Lipinski definition) is 4. The van der Waals surface area contributed by atoms with Crippen LogP contribution in [0.2, 0.25) is 0 Å². The molecule has 0 aromatic carbocycles. The second-order valence-corrected chi connectivity index (χ2v) is 8.08. The maximum atomic E-state index is 13.3. The summed E-state index contributed by atoms with van der Waals surface area (Å²) in [5.41, 5.74) is 1.49. The molecular formula is C19H29N3OS. The highest BCUT2D eigenvalue weighted by Gasteiger charge is 2.22. The number of aromatic nitrogens is 2. The molecule has 0 N–H and O–H groups in total. The van der Waals surface area contributed by atoms with Gasteiger partial charge in [-0.2, -0.15) is 0 Å². The van der Waals surface area contributed by atoms with Crippen LogP contribution in [-0.2, 0) is 19.4 Å². The molecule has 24 heavy (non-hydrogen) atoms. The average Bonchev–Trinajstić information content (AvgIpc) is 2.95. The lowest BCUT2D eigenvalue weighted by atomic mass is 9.97. The summed E-state index contributed by atoms with van der Waals surface area (Å²) < 4.78 is 1.95. The van der Waals surface area contributed by atoms with E-state index in [9.17, 15) is 4.79 Å². The molecule has 1 aliphatic carbocycles. The van der Waals surface area contributed by atoms with Crippen molar-refractivity contribution in [3.05, 3.63) is 26.6 Å². The Labute approximate surface area is 148 Å². The van der Waals surface area contributed by atoms with Gasteiger partial charge in [0.25, 0.3) is 5.56 Å². The van der Waals surface area contributed by atoms with Crippen LogP contribution < -0.4 is 5.56 Å². The van der Waals surface area contributed by atoms with Gasteiger partial charge < -0.3 is 4.90 Å². The topological polar surface area (TPSA) is 38.1 Å². The second-order valence-electron chi connectivity index (χ2n) is 7.00. The van der Waals surface area contributed by atoms with Gasteiger partial charge in [-0.15, -0.1) is 11.3 Å². The van der Waals surface area contributed by atoms with Crippen LogP contribution in [0.4, 0.5) is 0 Å². The van der Waals surface area contributed by atoms with Crippen molar-refractivity contribution < 1.29 is 0 Å². The van der Waals surface area contributed by atoms with Gasteiger partial charge in [-0.3, -0.25) is 9.36 Å². The molecule has 0 fully saturated rings. The Morgan fingerprint density at radius 2 is 1.92 bits per heavy atom. The lowest BCUT2D eigenvalue weighted by molar-refractivity contribution is 0.286. The number of fused-ring (bicyclic) bond motifs is 3. The molecule has 132 valence electrons. The van der Waals surface area contributed by atoms with Crippen molar-refractivity contribution in [2.75, 3.05) is 19.6 Å². The molecule has 2 aromatic rings. The van der Waals surface area contributed by atoms with Crippen molar-refractivity contribution in [1.82, 2.24) is 14.5 Å². The van der Waals surface area contributed by atoms with Gasteiger partial charge in [0, 0.05) is 23.9 Å². The van der Waals surface area contributed by atoms with Gasteiger partial charge in [-0.05, 0) is 44.3 Å². The fourth-order valence-corrected chi connectivity index (χ4v) is 4.95. The van der Waals surface area contributed by atoms with Crippen LogP contribution in [0.1, 0.15) is 62.7 Å². The van der Waals surface area contributed by atoms with Gasteiger partial charge in [-0.1, -0.05) is 27.7 Å². The van der Waals surface area contributed by atoms with E-state index < -0.39 is 0 Å². The van der Waals surface area contributed by atoms with Crippen LogP contribution in [0.25, 0.3) is 10.2 Å². The monoisotopic (exact) mass is 347 g/mol. The molecule has 0 radical (unpaired) electrons. The molecule has 0 amide bonds. The number of thiophene rings is 1. The Hall–Kier alpha value is -1.20. The summed E-state index contributed by atoms with van der Waals surface area (Å²) in [4.78, 5) is 23.0. The number of nitrogens with zero attached hydrogens (tertiary/aromatic N) is 3. The highest BCUT2D eigenvalue weighted by Crippen LogP contribution is 2.34. The molecule has 4 nitrogen and oxygen atoms in total. The lowest BCUT2D eigenvalue weighted by Gasteiger charge is -2.21. The first kappa shape index (κ1) is 17.6. The summed E-state index contributed by atoms with van der Waals surface area (Å²) in [6.45, 7) is 12.3. The third-order valence-corrected chi connectivity index (χ3v) is 6.34. The summed E-state index contributed by atoms with van der Waals surface area (Å²) in [5, 5.41) is 0.915. The molecule has 0 saturated carbocycles. The zero-order valence-electron chi connectivity index (χ0n) is 15.4. The molecule has 0 bridgehead atoms. The molecule has 0 atom stereocenters. The van der Waals surface area contributed by atoms with E-state index in [1.54, 1.807) is 11.3 Å². The van der Waals surface area contributed by atoms with Crippen LogP contribution in [0, 0.1) is 0 Å². The van der Waals surface area contributed by atoms with Crippen LogP contribution in [0.3, 0.4) is 0 Å². The smallest absolute Gasteiger partial charge is 0.262 e. The first-order valence-electron chi connectivity index (χ1n) is 9.34. The largest absolute Gasteiger partial charge is 0.302 e. The van der Waals surface area contributed by atoms with Crippen LogP contribution in [-0.4, -0.2) is 34.1 Å². The average molecular weight is 348 g/mol. The minimum atomic E-state index is 0.190. The zero-order chi connectivity index (χ0) is 17.3. The van der Waals surface area contributed by atoms with Crippen molar-refractivity contribution in [2.45, 2.75) is 65.8 Å². The molecule has 5 heteroatoms. The van der Waals surface area contributed by atoms with Crippen LogP contribution >= 0.6 is 11.3 Å². The quantitative estimate of drug-likeness (QED) is 0.798. The Bertz CT molecular complexity index is 771. The predicted molar refractivity (Wildman–Crippen MR) is 102 cm³/mol. The van der Waals surface area contributed by atoms with Gasteiger partial charge in [0.05, 0.1) is 5.39 Å². The predicted octanol–water partition coefficient (Wildman–Crippen LogP) is 3.80. The van der Waals surface area contributed by atoms with Gasteiger partial charge in [-0.25, -0.2) is 4.98 Å². The van der Waals surface area contributed by atoms with E-state index in [4.69, 9.17) is 4.98 Å². The highest BCUT2D eigenvalue weighted by molar-refractivity contribution is 7.18. The summed E-state index contributed by atoms with van der Waals surface area (Å²) in [7, 11) is 0. The number of hydrogen-bond donors (Lipinski definition) is 0. The summed E-state index contributed by atoms with van der Waals surface area (Å²) in [6, 6.07) is 0. The molecule has 0 spiro atoms.